The van der Waals surface area contributed by atoms with Crippen LogP contribution in [0.15, 0.2) is 22.8 Å². The number of nitrogens with zero attached hydrogens (tertiary/aromatic N) is 2. The predicted octanol–water partition coefficient (Wildman–Crippen LogP) is 3.50. The SMILES string of the molecule is C[C@H](c1ccc(Br)cn1)N(CCNC(=O)OC(C)(C)C)C(=O)CCl. The lowest BCUT2D eigenvalue weighted by Gasteiger charge is -2.29. The zero-order valence-electron chi connectivity index (χ0n) is 14.3. The lowest BCUT2D eigenvalue weighted by Crippen LogP contribution is -2.42. The molecule has 0 aliphatic carbocycles. The Hall–Kier alpha value is -1.34. The summed E-state index contributed by atoms with van der Waals surface area (Å²) in [6.07, 6.45) is 1.16. The number of carbonyl (C=O) groups excluding carboxylic acids is 2. The van der Waals surface area contributed by atoms with E-state index in [4.69, 9.17) is 16.3 Å². The van der Waals surface area contributed by atoms with Gasteiger partial charge in [-0.2, -0.15) is 0 Å². The van der Waals surface area contributed by atoms with Gasteiger partial charge >= 0.3 is 6.09 Å². The maximum atomic E-state index is 12.1. The van der Waals surface area contributed by atoms with Crippen molar-refractivity contribution in [2.24, 2.45) is 0 Å². The Balaban J connectivity index is 2.67. The molecule has 0 bridgehead atoms. The van der Waals surface area contributed by atoms with Crippen molar-refractivity contribution in [2.75, 3.05) is 19.0 Å². The fourth-order valence-corrected chi connectivity index (χ4v) is 2.39. The van der Waals surface area contributed by atoms with Gasteiger partial charge in [0.25, 0.3) is 0 Å². The molecule has 24 heavy (non-hydrogen) atoms. The second kappa shape index (κ2) is 9.22. The number of aromatic nitrogens is 1. The molecule has 0 unspecified atom stereocenters. The molecule has 1 aromatic heterocycles. The van der Waals surface area contributed by atoms with Crippen molar-refractivity contribution >= 4 is 39.5 Å². The van der Waals surface area contributed by atoms with E-state index in [-0.39, 0.29) is 24.4 Å². The average Bonchev–Trinajstić information content (AvgIpc) is 2.49. The molecule has 2 amide bonds. The van der Waals surface area contributed by atoms with E-state index < -0.39 is 11.7 Å². The van der Waals surface area contributed by atoms with Crippen molar-refractivity contribution in [1.82, 2.24) is 15.2 Å². The van der Waals surface area contributed by atoms with Gasteiger partial charge in [-0.15, -0.1) is 11.6 Å². The van der Waals surface area contributed by atoms with Crippen LogP contribution in [0.25, 0.3) is 0 Å². The Morgan fingerprint density at radius 3 is 2.58 bits per heavy atom. The van der Waals surface area contributed by atoms with Crippen LogP contribution in [0.3, 0.4) is 0 Å². The zero-order valence-corrected chi connectivity index (χ0v) is 16.6. The van der Waals surface area contributed by atoms with Crippen molar-refractivity contribution in [2.45, 2.75) is 39.3 Å². The van der Waals surface area contributed by atoms with Gasteiger partial charge in [0.15, 0.2) is 0 Å². The van der Waals surface area contributed by atoms with Crippen LogP contribution >= 0.6 is 27.5 Å². The molecule has 6 nitrogen and oxygen atoms in total. The maximum absolute atomic E-state index is 12.1. The number of nitrogens with one attached hydrogen (secondary N) is 1. The summed E-state index contributed by atoms with van der Waals surface area (Å²) in [6, 6.07) is 3.44. The van der Waals surface area contributed by atoms with E-state index in [1.807, 2.05) is 19.1 Å². The molecule has 1 rings (SSSR count). The lowest BCUT2D eigenvalue weighted by molar-refractivity contribution is -0.130. The van der Waals surface area contributed by atoms with Gasteiger partial charge in [-0.1, -0.05) is 0 Å². The highest BCUT2D eigenvalue weighted by Crippen LogP contribution is 2.20. The lowest BCUT2D eigenvalue weighted by atomic mass is 10.2. The summed E-state index contributed by atoms with van der Waals surface area (Å²) in [5.41, 5.74) is 0.179. The van der Waals surface area contributed by atoms with E-state index >= 15 is 0 Å². The first kappa shape index (κ1) is 20.7. The third-order valence-electron chi connectivity index (χ3n) is 3.10. The molecule has 1 aromatic rings. The Morgan fingerprint density at radius 1 is 1.42 bits per heavy atom. The highest BCUT2D eigenvalue weighted by atomic mass is 79.9. The molecule has 0 aromatic carbocycles. The summed E-state index contributed by atoms with van der Waals surface area (Å²) in [5.74, 6) is -0.354. The number of ether oxygens (including phenoxy) is 1. The van der Waals surface area contributed by atoms with Crippen molar-refractivity contribution in [3.8, 4) is 0 Å². The molecular weight excluding hydrogens is 398 g/mol. The number of alkyl carbamates (subject to hydrolysis) is 1. The summed E-state index contributed by atoms with van der Waals surface area (Å²) in [6.45, 7) is 7.81. The van der Waals surface area contributed by atoms with E-state index in [0.717, 1.165) is 10.2 Å². The quantitative estimate of drug-likeness (QED) is 0.715. The van der Waals surface area contributed by atoms with Crippen molar-refractivity contribution in [3.63, 3.8) is 0 Å². The molecule has 0 spiro atoms. The van der Waals surface area contributed by atoms with Crippen LogP contribution in [0.4, 0.5) is 4.79 Å². The van der Waals surface area contributed by atoms with Gasteiger partial charge in [0.05, 0.1) is 11.7 Å². The minimum absolute atomic E-state index is 0.132. The van der Waals surface area contributed by atoms with Crippen LogP contribution in [0.1, 0.15) is 39.4 Å². The Morgan fingerprint density at radius 2 is 2.08 bits per heavy atom. The van der Waals surface area contributed by atoms with Gasteiger partial charge < -0.3 is 15.0 Å². The number of alkyl halides is 1. The predicted molar refractivity (Wildman–Crippen MR) is 97.0 cm³/mol. The number of rotatable bonds is 6. The number of pyridine rings is 1. The molecule has 1 N–H and O–H groups in total. The van der Waals surface area contributed by atoms with Crippen LogP contribution in [0.2, 0.25) is 0 Å². The summed E-state index contributed by atoms with van der Waals surface area (Å²) in [5, 5.41) is 2.64. The smallest absolute Gasteiger partial charge is 0.407 e. The van der Waals surface area contributed by atoms with Gasteiger partial charge in [-0.05, 0) is 55.8 Å². The molecule has 134 valence electrons. The van der Waals surface area contributed by atoms with Crippen LogP contribution in [-0.2, 0) is 9.53 Å². The van der Waals surface area contributed by atoms with E-state index in [2.05, 4.69) is 26.2 Å². The summed E-state index contributed by atoms with van der Waals surface area (Å²) >= 11 is 9.03. The summed E-state index contributed by atoms with van der Waals surface area (Å²) in [7, 11) is 0. The molecule has 0 aliphatic rings. The normalized spacial score (nSPS) is 12.4. The van der Waals surface area contributed by atoms with Crippen LogP contribution in [0.5, 0.6) is 0 Å². The molecule has 0 aliphatic heterocycles. The highest BCUT2D eigenvalue weighted by Gasteiger charge is 2.22. The highest BCUT2D eigenvalue weighted by molar-refractivity contribution is 9.10. The fraction of sp³-hybridized carbons (Fsp3) is 0.562. The monoisotopic (exact) mass is 419 g/mol. The Kier molecular flexibility index (Phi) is 7.96. The van der Waals surface area contributed by atoms with E-state index in [1.54, 1.807) is 31.9 Å². The topological polar surface area (TPSA) is 71.5 Å². The molecular formula is C16H23BrClN3O3. The average molecular weight is 421 g/mol. The minimum Gasteiger partial charge on any atom is -0.444 e. The molecule has 1 atom stereocenters. The second-order valence-corrected chi connectivity index (χ2v) is 7.41. The number of carbonyl (C=O) groups is 2. The van der Waals surface area contributed by atoms with Crippen molar-refractivity contribution in [1.29, 1.82) is 0 Å². The molecule has 8 heteroatoms. The number of amides is 2. The first-order valence-electron chi connectivity index (χ1n) is 7.58. The van der Waals surface area contributed by atoms with Crippen LogP contribution in [-0.4, -0.2) is 46.5 Å². The molecule has 1 heterocycles. The standard InChI is InChI=1S/C16H23BrClN3O3/c1-11(13-6-5-12(17)10-20-13)21(14(22)9-18)8-7-19-15(23)24-16(2,3)4/h5-6,10-11H,7-9H2,1-4H3,(H,19,23)/t11-/m1/s1. The Bertz CT molecular complexity index is 561. The van der Waals surface area contributed by atoms with E-state index in [0.29, 0.717) is 6.54 Å². The summed E-state index contributed by atoms with van der Waals surface area (Å²) < 4.78 is 6.03. The molecule has 0 radical (unpaired) electrons. The number of hydrogen-bond donors (Lipinski definition) is 1. The van der Waals surface area contributed by atoms with Gasteiger partial charge in [-0.3, -0.25) is 9.78 Å². The van der Waals surface area contributed by atoms with Gasteiger partial charge in [0, 0.05) is 23.8 Å². The first-order valence-corrected chi connectivity index (χ1v) is 8.90. The van der Waals surface area contributed by atoms with Gasteiger partial charge in [0.1, 0.15) is 11.5 Å². The Labute approximate surface area is 156 Å². The van der Waals surface area contributed by atoms with Crippen LogP contribution < -0.4 is 5.32 Å². The summed E-state index contributed by atoms with van der Waals surface area (Å²) in [4.78, 5) is 29.7. The first-order chi connectivity index (χ1) is 11.1. The van der Waals surface area contributed by atoms with E-state index in [9.17, 15) is 9.59 Å². The molecule has 0 saturated carbocycles. The molecule has 0 fully saturated rings. The zero-order chi connectivity index (χ0) is 18.3. The molecule has 0 saturated heterocycles. The van der Waals surface area contributed by atoms with Gasteiger partial charge in [-0.25, -0.2) is 4.79 Å². The third kappa shape index (κ3) is 7.05. The fourth-order valence-electron chi connectivity index (χ4n) is 2.00. The second-order valence-electron chi connectivity index (χ2n) is 6.23. The maximum Gasteiger partial charge on any atom is 0.407 e. The van der Waals surface area contributed by atoms with Crippen LogP contribution in [0, 0.1) is 0 Å². The van der Waals surface area contributed by atoms with E-state index in [1.165, 1.54) is 0 Å². The van der Waals surface area contributed by atoms with Crippen molar-refractivity contribution < 1.29 is 14.3 Å². The number of halogens is 2. The largest absolute Gasteiger partial charge is 0.444 e. The third-order valence-corrected chi connectivity index (χ3v) is 3.80. The number of hydrogen-bond acceptors (Lipinski definition) is 4. The van der Waals surface area contributed by atoms with Crippen molar-refractivity contribution in [3.05, 3.63) is 28.5 Å². The minimum atomic E-state index is -0.565. The van der Waals surface area contributed by atoms with Gasteiger partial charge in [0.2, 0.25) is 5.91 Å².